The van der Waals surface area contributed by atoms with E-state index in [0.717, 1.165) is 4.66 Å². The molecule has 0 amide bonds. The molecule has 0 unspecified atom stereocenters. The maximum Gasteiger partial charge on any atom is 0.0548 e. The molecule has 0 saturated heterocycles. The van der Waals surface area contributed by atoms with Crippen LogP contribution in [0.2, 0.25) is 19.6 Å². The van der Waals surface area contributed by atoms with E-state index in [-0.39, 0.29) is 0 Å². The second-order valence-electron chi connectivity index (χ2n) is 3.02. The van der Waals surface area contributed by atoms with Gasteiger partial charge < -0.3 is 0 Å². The highest BCUT2D eigenvalue weighted by Gasteiger charge is 2.11. The first-order valence-corrected chi connectivity index (χ1v) is 8.68. The number of thioether (sulfide) groups is 1. The number of alkyl halides is 1. The zero-order valence-electron chi connectivity index (χ0n) is 5.70. The van der Waals surface area contributed by atoms with Crippen LogP contribution in [0.15, 0.2) is 0 Å². The second-order valence-corrected chi connectivity index (χ2v) is 11.3. The van der Waals surface area contributed by atoms with Crippen LogP contribution in [0.1, 0.15) is 0 Å². The molecule has 0 aromatic carbocycles. The molecule has 0 bridgehead atoms. The third-order valence-electron chi connectivity index (χ3n) is 0.612. The van der Waals surface area contributed by atoms with E-state index in [1.165, 1.54) is 5.38 Å². The summed E-state index contributed by atoms with van der Waals surface area (Å²) < 4.78 is 1.09. The van der Waals surface area contributed by atoms with Crippen molar-refractivity contribution in [2.75, 3.05) is 10.0 Å². The highest BCUT2D eigenvalue weighted by atomic mass is 79.9. The lowest BCUT2D eigenvalue weighted by Crippen LogP contribution is -2.23. The van der Waals surface area contributed by atoms with Crippen LogP contribution in [0.4, 0.5) is 0 Å². The van der Waals surface area contributed by atoms with E-state index in [2.05, 4.69) is 35.6 Å². The summed E-state index contributed by atoms with van der Waals surface area (Å²) in [4.78, 5) is 0. The molecule has 0 aliphatic carbocycles. The summed E-state index contributed by atoms with van der Waals surface area (Å²) in [6, 6.07) is 0. The average molecular weight is 213 g/mol. The number of hydrogen-bond donors (Lipinski definition) is 0. The Morgan fingerprint density at radius 1 is 1.38 bits per heavy atom. The van der Waals surface area contributed by atoms with Crippen molar-refractivity contribution in [2.45, 2.75) is 19.6 Å². The van der Waals surface area contributed by atoms with Crippen molar-refractivity contribution < 1.29 is 0 Å². The van der Waals surface area contributed by atoms with Crippen molar-refractivity contribution in [3.8, 4) is 0 Å². The standard InChI is InChI=1S/C5H13BrSSi/c1-8(2,3)5-7-4-6/h4-5H2,1-3H3. The second kappa shape index (κ2) is 3.96. The molecule has 0 fully saturated rings. The van der Waals surface area contributed by atoms with Gasteiger partial charge in [-0.2, -0.15) is 11.8 Å². The quantitative estimate of drug-likeness (QED) is 0.513. The zero-order valence-corrected chi connectivity index (χ0v) is 9.10. The fraction of sp³-hybridized carbons (Fsp3) is 1.00. The molecule has 0 aromatic rings. The smallest absolute Gasteiger partial charge is 0.0548 e. The van der Waals surface area contributed by atoms with Crippen LogP contribution in [0.5, 0.6) is 0 Å². The summed E-state index contributed by atoms with van der Waals surface area (Å²) in [6.45, 7) is 7.17. The predicted octanol–water partition coefficient (Wildman–Crippen LogP) is 2.95. The van der Waals surface area contributed by atoms with Gasteiger partial charge in [0.25, 0.3) is 0 Å². The van der Waals surface area contributed by atoms with Crippen LogP contribution in [0.3, 0.4) is 0 Å². The van der Waals surface area contributed by atoms with Crippen molar-refractivity contribution >= 4 is 35.8 Å². The third kappa shape index (κ3) is 7.05. The molecule has 0 nitrogen and oxygen atoms in total. The Morgan fingerprint density at radius 3 is 2.00 bits per heavy atom. The van der Waals surface area contributed by atoms with Gasteiger partial charge in [0, 0.05) is 4.66 Å². The monoisotopic (exact) mass is 212 g/mol. The van der Waals surface area contributed by atoms with Crippen LogP contribution >= 0.6 is 27.7 Å². The van der Waals surface area contributed by atoms with Gasteiger partial charge in [0.15, 0.2) is 0 Å². The van der Waals surface area contributed by atoms with Crippen LogP contribution in [0.25, 0.3) is 0 Å². The van der Waals surface area contributed by atoms with Crippen LogP contribution in [-0.2, 0) is 0 Å². The predicted molar refractivity (Wildman–Crippen MR) is 49.6 cm³/mol. The lowest BCUT2D eigenvalue weighted by molar-refractivity contribution is 1.67. The lowest BCUT2D eigenvalue weighted by atomic mass is 11.8. The van der Waals surface area contributed by atoms with E-state index in [9.17, 15) is 0 Å². The number of hydrogen-bond acceptors (Lipinski definition) is 1. The Balaban J connectivity index is 3.11. The summed E-state index contributed by atoms with van der Waals surface area (Å²) in [7, 11) is -0.745. The molecule has 0 N–H and O–H groups in total. The molecule has 0 aliphatic heterocycles. The van der Waals surface area contributed by atoms with Gasteiger partial charge in [-0.1, -0.05) is 35.6 Å². The molecule has 0 aliphatic rings. The molecule has 0 spiro atoms. The van der Waals surface area contributed by atoms with Crippen molar-refractivity contribution in [2.24, 2.45) is 0 Å². The minimum absolute atomic E-state index is 0.745. The van der Waals surface area contributed by atoms with E-state index < -0.39 is 8.07 Å². The van der Waals surface area contributed by atoms with Gasteiger partial charge in [0.1, 0.15) is 0 Å². The average Bonchev–Trinajstić information content (AvgIpc) is 1.59. The van der Waals surface area contributed by atoms with Crippen molar-refractivity contribution in [3.63, 3.8) is 0 Å². The van der Waals surface area contributed by atoms with E-state index in [4.69, 9.17) is 0 Å². The maximum atomic E-state index is 3.39. The Bertz CT molecular complexity index is 59.9. The topological polar surface area (TPSA) is 0 Å². The molecule has 0 aromatic heterocycles. The van der Waals surface area contributed by atoms with E-state index in [1.54, 1.807) is 0 Å². The summed E-state index contributed by atoms with van der Waals surface area (Å²) in [5.41, 5.74) is 0. The normalized spacial score (nSPS) is 12.0. The fourth-order valence-corrected chi connectivity index (χ4v) is 4.56. The minimum Gasteiger partial charge on any atom is -0.153 e. The van der Waals surface area contributed by atoms with Gasteiger partial charge in [-0.05, 0) is 5.38 Å². The SMILES string of the molecule is C[Si](C)(C)CSCBr. The molecule has 0 radical (unpaired) electrons. The minimum atomic E-state index is -0.745. The number of rotatable bonds is 3. The third-order valence-corrected chi connectivity index (χ3v) is 6.02. The summed E-state index contributed by atoms with van der Waals surface area (Å²) in [5, 5.41) is 1.37. The highest BCUT2D eigenvalue weighted by Crippen LogP contribution is 2.12. The molecule has 0 rings (SSSR count). The van der Waals surface area contributed by atoms with Gasteiger partial charge >= 0.3 is 0 Å². The molecule has 50 valence electrons. The van der Waals surface area contributed by atoms with E-state index >= 15 is 0 Å². The summed E-state index contributed by atoms with van der Waals surface area (Å²) in [6.07, 6.45) is 0. The van der Waals surface area contributed by atoms with Gasteiger partial charge in [-0.15, -0.1) is 0 Å². The Kier molecular flexibility index (Phi) is 4.48. The Hall–Kier alpha value is 1.05. The van der Waals surface area contributed by atoms with Crippen LogP contribution in [0, 0.1) is 0 Å². The van der Waals surface area contributed by atoms with E-state index in [0.29, 0.717) is 0 Å². The Morgan fingerprint density at radius 2 is 1.88 bits per heavy atom. The first kappa shape index (κ1) is 9.05. The molecule has 0 heterocycles. The zero-order chi connectivity index (χ0) is 6.62. The van der Waals surface area contributed by atoms with Crippen molar-refractivity contribution in [3.05, 3.63) is 0 Å². The Labute approximate surface area is 65.6 Å². The van der Waals surface area contributed by atoms with Gasteiger partial charge in [0.2, 0.25) is 0 Å². The molecule has 8 heavy (non-hydrogen) atoms. The molecule has 3 heteroatoms. The molecular formula is C5H13BrSSi. The lowest BCUT2D eigenvalue weighted by Gasteiger charge is -2.12. The summed E-state index contributed by atoms with van der Waals surface area (Å²) in [5.74, 6) is 0. The van der Waals surface area contributed by atoms with Crippen molar-refractivity contribution in [1.29, 1.82) is 0 Å². The molecule has 0 atom stereocenters. The van der Waals surface area contributed by atoms with Crippen LogP contribution in [-0.4, -0.2) is 18.1 Å². The molecular weight excluding hydrogens is 200 g/mol. The maximum absolute atomic E-state index is 3.39. The van der Waals surface area contributed by atoms with Gasteiger partial charge in [0.05, 0.1) is 8.07 Å². The first-order chi connectivity index (χ1) is 3.56. The van der Waals surface area contributed by atoms with Crippen LogP contribution < -0.4 is 0 Å². The largest absolute Gasteiger partial charge is 0.153 e. The molecule has 0 saturated carbocycles. The fourth-order valence-electron chi connectivity index (χ4n) is 0.345. The summed E-state index contributed by atoms with van der Waals surface area (Å²) >= 11 is 5.38. The highest BCUT2D eigenvalue weighted by molar-refractivity contribution is 9.11. The van der Waals surface area contributed by atoms with Gasteiger partial charge in [-0.3, -0.25) is 0 Å². The van der Waals surface area contributed by atoms with Crippen molar-refractivity contribution in [1.82, 2.24) is 0 Å². The van der Waals surface area contributed by atoms with Gasteiger partial charge in [-0.25, -0.2) is 0 Å². The first-order valence-electron chi connectivity index (χ1n) is 2.70. The van der Waals surface area contributed by atoms with E-state index in [1.807, 2.05) is 11.8 Å². The number of halogens is 1.